The van der Waals surface area contributed by atoms with Crippen LogP contribution in [0.1, 0.15) is 49.7 Å². The van der Waals surface area contributed by atoms with E-state index < -0.39 is 0 Å². The van der Waals surface area contributed by atoms with Crippen LogP contribution in [0.2, 0.25) is 0 Å². The maximum atomic E-state index is 6.25. The van der Waals surface area contributed by atoms with E-state index in [0.29, 0.717) is 12.1 Å². The molecule has 1 aromatic heterocycles. The van der Waals surface area contributed by atoms with Crippen molar-refractivity contribution in [3.8, 4) is 5.75 Å². The molecule has 2 heterocycles. The highest BCUT2D eigenvalue weighted by atomic mass is 79.9. The molecule has 2 unspecified atom stereocenters. The zero-order chi connectivity index (χ0) is 15.0. The maximum absolute atomic E-state index is 6.25. The lowest BCUT2D eigenvalue weighted by molar-refractivity contribution is 0.144. The van der Waals surface area contributed by atoms with E-state index in [9.17, 15) is 0 Å². The molecule has 0 radical (unpaired) electrons. The number of rotatable bonds is 3. The molecule has 0 spiro atoms. The van der Waals surface area contributed by atoms with Crippen molar-refractivity contribution in [1.82, 2.24) is 14.9 Å². The highest BCUT2D eigenvalue weighted by Gasteiger charge is 2.30. The van der Waals surface area contributed by atoms with Crippen LogP contribution in [0.15, 0.2) is 35.2 Å². The first-order valence-corrected chi connectivity index (χ1v) is 8.04. The standard InChI is InChI=1S/C16H20BrN3O/c1-10(2)20-9-19-8-14(20)16-7-13(18-3)12-5-4-11(17)6-15(12)21-16/h4-6,8-10,13,16,18H,7H2,1-3H3. The molecule has 3 rings (SSSR count). The van der Waals surface area contributed by atoms with E-state index in [0.717, 1.165) is 22.3 Å². The molecular weight excluding hydrogens is 330 g/mol. The molecule has 0 aliphatic carbocycles. The lowest BCUT2D eigenvalue weighted by Gasteiger charge is -2.33. The van der Waals surface area contributed by atoms with Crippen LogP contribution in [-0.4, -0.2) is 16.6 Å². The fourth-order valence-corrected chi connectivity index (χ4v) is 3.23. The Morgan fingerprint density at radius 3 is 2.95 bits per heavy atom. The molecule has 1 aliphatic heterocycles. The molecule has 4 nitrogen and oxygen atoms in total. The molecule has 0 fully saturated rings. The summed E-state index contributed by atoms with van der Waals surface area (Å²) in [4.78, 5) is 4.30. The van der Waals surface area contributed by atoms with Gasteiger partial charge in [0, 0.05) is 28.5 Å². The van der Waals surface area contributed by atoms with Gasteiger partial charge in [-0.1, -0.05) is 22.0 Å². The van der Waals surface area contributed by atoms with Gasteiger partial charge in [0.1, 0.15) is 11.9 Å². The minimum Gasteiger partial charge on any atom is -0.484 e. The van der Waals surface area contributed by atoms with Gasteiger partial charge >= 0.3 is 0 Å². The van der Waals surface area contributed by atoms with Crippen molar-refractivity contribution >= 4 is 15.9 Å². The van der Waals surface area contributed by atoms with E-state index >= 15 is 0 Å². The third-order valence-corrected chi connectivity index (χ3v) is 4.49. The van der Waals surface area contributed by atoms with Crippen LogP contribution in [0.25, 0.3) is 0 Å². The molecule has 1 aromatic carbocycles. The van der Waals surface area contributed by atoms with Crippen molar-refractivity contribution in [3.63, 3.8) is 0 Å². The second-order valence-corrected chi connectivity index (χ2v) is 6.60. The molecule has 1 aliphatic rings. The molecule has 0 amide bonds. The first-order valence-electron chi connectivity index (χ1n) is 7.25. The Labute approximate surface area is 133 Å². The van der Waals surface area contributed by atoms with Gasteiger partial charge in [-0.2, -0.15) is 0 Å². The molecular formula is C16H20BrN3O. The van der Waals surface area contributed by atoms with Crippen LogP contribution >= 0.6 is 15.9 Å². The minimum absolute atomic E-state index is 0.0224. The number of nitrogens with one attached hydrogen (secondary N) is 1. The number of benzene rings is 1. The van der Waals surface area contributed by atoms with E-state index in [4.69, 9.17) is 4.74 Å². The van der Waals surface area contributed by atoms with Gasteiger partial charge in [0.2, 0.25) is 0 Å². The van der Waals surface area contributed by atoms with Gasteiger partial charge in [-0.25, -0.2) is 4.98 Å². The molecule has 0 saturated carbocycles. The molecule has 2 atom stereocenters. The third-order valence-electron chi connectivity index (χ3n) is 4.00. The monoisotopic (exact) mass is 349 g/mol. The van der Waals surface area contributed by atoms with Crippen LogP contribution < -0.4 is 10.1 Å². The maximum Gasteiger partial charge on any atom is 0.142 e. The Hall–Kier alpha value is -1.33. The van der Waals surface area contributed by atoms with E-state index in [1.54, 1.807) is 0 Å². The Bertz CT molecular complexity index is 638. The predicted molar refractivity (Wildman–Crippen MR) is 86.5 cm³/mol. The van der Waals surface area contributed by atoms with Gasteiger partial charge in [-0.05, 0) is 33.0 Å². The number of nitrogens with zero attached hydrogens (tertiary/aromatic N) is 2. The summed E-state index contributed by atoms with van der Waals surface area (Å²) in [6.45, 7) is 4.32. The van der Waals surface area contributed by atoms with Crippen molar-refractivity contribution < 1.29 is 4.74 Å². The molecule has 0 bridgehead atoms. The van der Waals surface area contributed by atoms with Crippen molar-refractivity contribution in [2.75, 3.05) is 7.05 Å². The Balaban J connectivity index is 1.98. The van der Waals surface area contributed by atoms with Gasteiger partial charge in [0.05, 0.1) is 18.2 Å². The fraction of sp³-hybridized carbons (Fsp3) is 0.438. The van der Waals surface area contributed by atoms with Crippen LogP contribution in [0, 0.1) is 0 Å². The van der Waals surface area contributed by atoms with Gasteiger partial charge in [-0.3, -0.25) is 0 Å². The largest absolute Gasteiger partial charge is 0.484 e. The fourth-order valence-electron chi connectivity index (χ4n) is 2.89. The second-order valence-electron chi connectivity index (χ2n) is 5.69. The lowest BCUT2D eigenvalue weighted by atomic mass is 9.95. The summed E-state index contributed by atoms with van der Waals surface area (Å²) < 4.78 is 9.47. The summed E-state index contributed by atoms with van der Waals surface area (Å²) in [5.74, 6) is 0.941. The minimum atomic E-state index is 0.0224. The van der Waals surface area contributed by atoms with E-state index in [2.05, 4.69) is 56.8 Å². The number of halogens is 1. The number of imidazole rings is 1. The zero-order valence-corrected chi connectivity index (χ0v) is 14.1. The molecule has 5 heteroatoms. The molecule has 21 heavy (non-hydrogen) atoms. The Morgan fingerprint density at radius 1 is 1.43 bits per heavy atom. The number of fused-ring (bicyclic) bond motifs is 1. The van der Waals surface area contributed by atoms with Crippen LogP contribution in [0.3, 0.4) is 0 Å². The zero-order valence-electron chi connectivity index (χ0n) is 12.5. The highest BCUT2D eigenvalue weighted by Crippen LogP contribution is 2.42. The average molecular weight is 350 g/mol. The number of ether oxygens (including phenoxy) is 1. The smallest absolute Gasteiger partial charge is 0.142 e. The summed E-state index contributed by atoms with van der Waals surface area (Å²) in [7, 11) is 2.00. The first kappa shape index (κ1) is 14.6. The normalized spacial score (nSPS) is 21.2. The molecule has 2 aromatic rings. The van der Waals surface area contributed by atoms with E-state index in [1.807, 2.05) is 25.6 Å². The van der Waals surface area contributed by atoms with Crippen molar-refractivity contribution in [3.05, 3.63) is 46.5 Å². The summed E-state index contributed by atoms with van der Waals surface area (Å²) in [6.07, 6.45) is 4.73. The molecule has 0 saturated heterocycles. The summed E-state index contributed by atoms with van der Waals surface area (Å²) in [5.41, 5.74) is 2.35. The quantitative estimate of drug-likeness (QED) is 0.909. The van der Waals surface area contributed by atoms with Crippen LogP contribution in [0.5, 0.6) is 5.75 Å². The Kier molecular flexibility index (Phi) is 4.04. The summed E-state index contributed by atoms with van der Waals surface area (Å²) in [6, 6.07) is 6.90. The van der Waals surface area contributed by atoms with Gasteiger partial charge in [-0.15, -0.1) is 0 Å². The van der Waals surface area contributed by atoms with Crippen LogP contribution in [-0.2, 0) is 0 Å². The third kappa shape index (κ3) is 2.72. The number of hydrogen-bond acceptors (Lipinski definition) is 3. The van der Waals surface area contributed by atoms with E-state index in [-0.39, 0.29) is 6.10 Å². The summed E-state index contributed by atoms with van der Waals surface area (Å²) >= 11 is 3.52. The van der Waals surface area contributed by atoms with E-state index in [1.165, 1.54) is 5.56 Å². The van der Waals surface area contributed by atoms with Crippen molar-refractivity contribution in [1.29, 1.82) is 0 Å². The topological polar surface area (TPSA) is 39.1 Å². The Morgan fingerprint density at radius 2 is 2.24 bits per heavy atom. The highest BCUT2D eigenvalue weighted by molar-refractivity contribution is 9.10. The SMILES string of the molecule is CNC1CC(c2cncn2C(C)C)Oc2cc(Br)ccc21. The summed E-state index contributed by atoms with van der Waals surface area (Å²) in [5, 5.41) is 3.40. The average Bonchev–Trinajstić information content (AvgIpc) is 2.95. The second kappa shape index (κ2) is 5.81. The number of aromatic nitrogens is 2. The molecule has 1 N–H and O–H groups in total. The lowest BCUT2D eigenvalue weighted by Crippen LogP contribution is -2.28. The molecule has 112 valence electrons. The van der Waals surface area contributed by atoms with Crippen molar-refractivity contribution in [2.24, 2.45) is 0 Å². The van der Waals surface area contributed by atoms with Crippen LogP contribution in [0.4, 0.5) is 0 Å². The van der Waals surface area contributed by atoms with Crippen molar-refractivity contribution in [2.45, 2.75) is 38.5 Å². The number of hydrogen-bond donors (Lipinski definition) is 1. The van der Waals surface area contributed by atoms with Gasteiger partial charge in [0.25, 0.3) is 0 Å². The first-order chi connectivity index (χ1) is 10.1. The van der Waals surface area contributed by atoms with Gasteiger partial charge < -0.3 is 14.6 Å². The predicted octanol–water partition coefficient (Wildman–Crippen LogP) is 4.01. The van der Waals surface area contributed by atoms with Gasteiger partial charge in [0.15, 0.2) is 0 Å².